The van der Waals surface area contributed by atoms with Gasteiger partial charge in [0.1, 0.15) is 6.10 Å². The van der Waals surface area contributed by atoms with Crippen LogP contribution in [0.5, 0.6) is 0 Å². The lowest BCUT2D eigenvalue weighted by Crippen LogP contribution is -2.45. The van der Waals surface area contributed by atoms with E-state index in [1.165, 1.54) is 60.4 Å². The summed E-state index contributed by atoms with van der Waals surface area (Å²) in [5.41, 5.74) is 5.06. The van der Waals surface area contributed by atoms with Crippen LogP contribution in [0.15, 0.2) is 60.7 Å². The van der Waals surface area contributed by atoms with Crippen LogP contribution in [0, 0.1) is 26.1 Å². The summed E-state index contributed by atoms with van der Waals surface area (Å²) in [5, 5.41) is 23.5. The van der Waals surface area contributed by atoms with Gasteiger partial charge in [-0.2, -0.15) is 12.6 Å². The number of nitro benzene ring substituents is 2. The van der Waals surface area contributed by atoms with Crippen molar-refractivity contribution in [2.24, 2.45) is 11.7 Å². The van der Waals surface area contributed by atoms with Gasteiger partial charge in [-0.3, -0.25) is 25.0 Å². The molecule has 1 aliphatic heterocycles. The molecule has 2 N–H and O–H groups in total. The van der Waals surface area contributed by atoms with E-state index in [1.807, 2.05) is 0 Å². The maximum atomic E-state index is 13.3. The maximum absolute atomic E-state index is 13.3. The van der Waals surface area contributed by atoms with Crippen LogP contribution in [-0.4, -0.2) is 70.4 Å². The number of thiol groups is 1. The van der Waals surface area contributed by atoms with Crippen molar-refractivity contribution < 1.29 is 38.4 Å². The van der Waals surface area contributed by atoms with E-state index in [4.69, 9.17) is 19.9 Å². The molecule has 0 aliphatic carbocycles. The molecule has 230 valence electrons. The third-order valence-electron chi connectivity index (χ3n) is 6.84. The summed E-state index contributed by atoms with van der Waals surface area (Å²) in [4.78, 5) is 61.6. The van der Waals surface area contributed by atoms with Gasteiger partial charge in [0.2, 0.25) is 0 Å². The highest BCUT2D eigenvalue weighted by atomic mass is 32.1. The first kappa shape index (κ1) is 33.0. The van der Waals surface area contributed by atoms with Crippen LogP contribution in [0.2, 0.25) is 0 Å². The van der Waals surface area contributed by atoms with Crippen LogP contribution in [0.4, 0.5) is 16.2 Å². The van der Waals surface area contributed by atoms with Crippen molar-refractivity contribution in [3.63, 3.8) is 0 Å². The highest BCUT2D eigenvalue weighted by molar-refractivity contribution is 7.80. The number of carbonyl (C=O) groups excluding carboxylic acids is 3. The average Bonchev–Trinajstić information content (AvgIpc) is 3.01. The molecule has 1 saturated heterocycles. The van der Waals surface area contributed by atoms with Gasteiger partial charge >= 0.3 is 18.0 Å². The minimum Gasteiger partial charge on any atom is -0.457 e. The number of ether oxygens (including phenoxy) is 3. The van der Waals surface area contributed by atoms with Crippen LogP contribution in [0.1, 0.15) is 37.0 Å². The summed E-state index contributed by atoms with van der Waals surface area (Å²) in [6.07, 6.45) is -3.75. The normalized spacial score (nSPS) is 14.8. The molecule has 14 nitrogen and oxygen atoms in total. The van der Waals surface area contributed by atoms with E-state index in [-0.39, 0.29) is 66.3 Å². The van der Waals surface area contributed by atoms with Crippen LogP contribution in [0.3, 0.4) is 0 Å². The van der Waals surface area contributed by atoms with Gasteiger partial charge in [-0.25, -0.2) is 9.59 Å². The lowest BCUT2D eigenvalue weighted by atomic mass is 9.97. The van der Waals surface area contributed by atoms with Gasteiger partial charge in [0.25, 0.3) is 11.4 Å². The summed E-state index contributed by atoms with van der Waals surface area (Å²) in [6.45, 7) is 5.04. The number of para-hydroxylation sites is 2. The highest BCUT2D eigenvalue weighted by Gasteiger charge is 2.36. The number of hydrogen-bond acceptors (Lipinski definition) is 12. The van der Waals surface area contributed by atoms with E-state index in [9.17, 15) is 34.6 Å². The standard InChI is InChI=1S/C28H32N4O10S/c1-17(2)26(33)40-23(15-29)24(16-43)41-27(34)18-11-13-30(14-12-18)28(35)42-25(19-7-3-5-9-21(19)31(36)37)20-8-4-6-10-22(20)32(38)39/h3-10,18,23-25,43H,1,11-16,29H2,2H3. The van der Waals surface area contributed by atoms with Crippen molar-refractivity contribution in [2.45, 2.75) is 38.1 Å². The number of carbonyl (C=O) groups is 3. The number of hydrogen-bond donors (Lipinski definition) is 2. The summed E-state index contributed by atoms with van der Waals surface area (Å²) >= 11 is 4.19. The first-order valence-electron chi connectivity index (χ1n) is 13.3. The first-order valence-corrected chi connectivity index (χ1v) is 13.9. The zero-order chi connectivity index (χ0) is 31.7. The topological polar surface area (TPSA) is 194 Å². The fourth-order valence-electron chi connectivity index (χ4n) is 4.51. The quantitative estimate of drug-likeness (QED) is 0.0881. The number of benzene rings is 2. The lowest BCUT2D eigenvalue weighted by molar-refractivity contribution is -0.387. The Balaban J connectivity index is 1.73. The third kappa shape index (κ3) is 8.29. The molecule has 1 heterocycles. The molecule has 0 bridgehead atoms. The summed E-state index contributed by atoms with van der Waals surface area (Å²) < 4.78 is 16.5. The van der Waals surface area contributed by atoms with Gasteiger partial charge in [0, 0.05) is 43.1 Å². The Labute approximate surface area is 252 Å². The van der Waals surface area contributed by atoms with Crippen molar-refractivity contribution in [2.75, 3.05) is 25.4 Å². The Bertz CT molecular complexity index is 1320. The fourth-order valence-corrected chi connectivity index (χ4v) is 4.82. The second-order valence-corrected chi connectivity index (χ2v) is 10.1. The number of likely N-dealkylation sites (tertiary alicyclic amines) is 1. The monoisotopic (exact) mass is 616 g/mol. The summed E-state index contributed by atoms with van der Waals surface area (Å²) in [6, 6.07) is 11.0. The minimum atomic E-state index is -1.45. The van der Waals surface area contributed by atoms with Gasteiger partial charge < -0.3 is 24.8 Å². The van der Waals surface area contributed by atoms with E-state index in [1.54, 1.807) is 0 Å². The molecule has 2 aromatic rings. The molecule has 2 atom stereocenters. The first-order chi connectivity index (χ1) is 20.5. The van der Waals surface area contributed by atoms with Crippen molar-refractivity contribution in [3.8, 4) is 0 Å². The second-order valence-electron chi connectivity index (χ2n) is 9.77. The molecule has 15 heteroatoms. The smallest absolute Gasteiger partial charge is 0.410 e. The predicted octanol–water partition coefficient (Wildman–Crippen LogP) is 3.73. The Hall–Kier alpha value is -4.50. The number of nitro groups is 2. The van der Waals surface area contributed by atoms with E-state index < -0.39 is 52.1 Å². The van der Waals surface area contributed by atoms with E-state index in [2.05, 4.69) is 19.2 Å². The third-order valence-corrected chi connectivity index (χ3v) is 7.20. The predicted molar refractivity (Wildman–Crippen MR) is 156 cm³/mol. The van der Waals surface area contributed by atoms with Gasteiger partial charge in [-0.05, 0) is 31.9 Å². The van der Waals surface area contributed by atoms with E-state index in [0.717, 1.165) is 0 Å². The maximum Gasteiger partial charge on any atom is 0.410 e. The van der Waals surface area contributed by atoms with Gasteiger partial charge in [-0.1, -0.05) is 30.8 Å². The average molecular weight is 617 g/mol. The molecule has 0 aromatic heterocycles. The fraction of sp³-hybridized carbons (Fsp3) is 0.393. The Morgan fingerprint density at radius 1 is 0.953 bits per heavy atom. The number of nitrogens with two attached hydrogens (primary N) is 1. The Kier molecular flexibility index (Phi) is 11.6. The molecule has 3 rings (SSSR count). The molecule has 0 saturated carbocycles. The highest BCUT2D eigenvalue weighted by Crippen LogP contribution is 2.37. The zero-order valence-electron chi connectivity index (χ0n) is 23.3. The minimum absolute atomic E-state index is 0.0341. The van der Waals surface area contributed by atoms with Gasteiger partial charge in [-0.15, -0.1) is 0 Å². The molecule has 1 aliphatic rings. The van der Waals surface area contributed by atoms with Crippen molar-refractivity contribution in [1.82, 2.24) is 4.90 Å². The number of amides is 1. The molecule has 1 amide bonds. The van der Waals surface area contributed by atoms with Gasteiger partial charge in [0.15, 0.2) is 12.2 Å². The Morgan fingerprint density at radius 2 is 1.47 bits per heavy atom. The number of esters is 2. The van der Waals surface area contributed by atoms with Crippen LogP contribution in [-0.2, 0) is 23.8 Å². The molecule has 2 aromatic carbocycles. The largest absolute Gasteiger partial charge is 0.457 e. The number of piperidine rings is 1. The van der Waals surface area contributed by atoms with E-state index >= 15 is 0 Å². The SMILES string of the molecule is C=C(C)C(=O)OC(CN)C(CS)OC(=O)C1CCN(C(=O)OC(c2ccccc2[N+](=O)[O-])c2ccccc2[N+](=O)[O-])CC1. The molecule has 0 spiro atoms. The van der Waals surface area contributed by atoms with Gasteiger partial charge in [0.05, 0.1) is 26.9 Å². The van der Waals surface area contributed by atoms with Crippen molar-refractivity contribution >= 4 is 42.0 Å². The zero-order valence-corrected chi connectivity index (χ0v) is 24.2. The van der Waals surface area contributed by atoms with Crippen LogP contribution < -0.4 is 5.73 Å². The number of rotatable bonds is 12. The summed E-state index contributed by atoms with van der Waals surface area (Å²) in [7, 11) is 0. The van der Waals surface area contributed by atoms with Crippen molar-refractivity contribution in [1.29, 1.82) is 0 Å². The molecular formula is C28H32N4O10S. The Morgan fingerprint density at radius 3 is 1.91 bits per heavy atom. The molecule has 0 radical (unpaired) electrons. The van der Waals surface area contributed by atoms with Crippen LogP contribution in [0.25, 0.3) is 0 Å². The van der Waals surface area contributed by atoms with Crippen molar-refractivity contribution in [3.05, 3.63) is 92.0 Å². The molecular weight excluding hydrogens is 584 g/mol. The molecule has 2 unspecified atom stereocenters. The van der Waals surface area contributed by atoms with Crippen LogP contribution >= 0.6 is 12.6 Å². The van der Waals surface area contributed by atoms with E-state index in [0.29, 0.717) is 0 Å². The number of nitrogens with zero attached hydrogens (tertiary/aromatic N) is 3. The second kappa shape index (κ2) is 15.1. The molecule has 43 heavy (non-hydrogen) atoms. The lowest BCUT2D eigenvalue weighted by Gasteiger charge is -2.33. The summed E-state index contributed by atoms with van der Waals surface area (Å²) in [5.74, 6) is -1.80. The molecule has 1 fully saturated rings.